The van der Waals surface area contributed by atoms with Crippen LogP contribution in [0.3, 0.4) is 0 Å². The van der Waals surface area contributed by atoms with Crippen LogP contribution in [0.5, 0.6) is 11.5 Å². The summed E-state index contributed by atoms with van der Waals surface area (Å²) < 4.78 is 10.5. The Hall–Kier alpha value is -3.00. The molecule has 1 N–H and O–H groups in total. The van der Waals surface area contributed by atoms with Gasteiger partial charge in [-0.15, -0.1) is 0 Å². The molecule has 152 valence electrons. The van der Waals surface area contributed by atoms with E-state index in [-0.39, 0.29) is 0 Å². The number of thioether (sulfide) groups is 1. The summed E-state index contributed by atoms with van der Waals surface area (Å²) in [6, 6.07) is 10.7. The van der Waals surface area contributed by atoms with Crippen molar-refractivity contribution in [2.24, 2.45) is 0 Å². The highest BCUT2D eigenvalue weighted by Crippen LogP contribution is 2.31. The third kappa shape index (κ3) is 4.07. The van der Waals surface area contributed by atoms with Gasteiger partial charge in [-0.3, -0.25) is 19.3 Å². The van der Waals surface area contributed by atoms with E-state index >= 15 is 0 Å². The maximum Gasteiger partial charge on any atom is 0.262 e. The van der Waals surface area contributed by atoms with Crippen LogP contribution in [0, 0.1) is 0 Å². The van der Waals surface area contributed by atoms with Gasteiger partial charge in [-0.05, 0) is 42.7 Å². The van der Waals surface area contributed by atoms with E-state index in [0.717, 1.165) is 4.90 Å². The minimum atomic E-state index is -0.914. The van der Waals surface area contributed by atoms with Crippen molar-refractivity contribution in [2.75, 3.05) is 31.5 Å². The van der Waals surface area contributed by atoms with Crippen molar-refractivity contribution < 1.29 is 23.9 Å². The molecule has 0 unspecified atom stereocenters. The second-order valence-electron chi connectivity index (χ2n) is 6.38. The van der Waals surface area contributed by atoms with Gasteiger partial charge < -0.3 is 14.8 Å². The fraction of sp³-hybridized carbons (Fsp3) is 0.286. The maximum atomic E-state index is 13.1. The number of nitrogens with one attached hydrogen (secondary N) is 1. The number of amides is 3. The zero-order chi connectivity index (χ0) is 21.0. The molecule has 1 atom stereocenters. The predicted molar refractivity (Wildman–Crippen MR) is 112 cm³/mol. The lowest BCUT2D eigenvalue weighted by Gasteiger charge is -2.25. The molecule has 3 rings (SSSR count). The number of fused-ring (bicyclic) bond motifs is 1. The molecule has 0 aliphatic carbocycles. The Morgan fingerprint density at radius 2 is 1.66 bits per heavy atom. The monoisotopic (exact) mass is 414 g/mol. The van der Waals surface area contributed by atoms with Crippen LogP contribution in [0.4, 0.5) is 5.69 Å². The van der Waals surface area contributed by atoms with E-state index in [9.17, 15) is 14.4 Å². The predicted octanol–water partition coefficient (Wildman–Crippen LogP) is 3.06. The zero-order valence-corrected chi connectivity index (χ0v) is 17.2. The van der Waals surface area contributed by atoms with Crippen LogP contribution in [0.2, 0.25) is 0 Å². The Balaban J connectivity index is 1.87. The molecule has 1 aliphatic rings. The SMILES string of the molecule is COc1ccc(NC(=O)[C@@H](CCSC)N2C(=O)c3ccccc3C2=O)cc1OC. The molecule has 0 radical (unpaired) electrons. The summed E-state index contributed by atoms with van der Waals surface area (Å²) in [5.41, 5.74) is 1.13. The van der Waals surface area contributed by atoms with Crippen molar-refractivity contribution in [2.45, 2.75) is 12.5 Å². The largest absolute Gasteiger partial charge is 0.493 e. The van der Waals surface area contributed by atoms with E-state index in [2.05, 4.69) is 5.32 Å². The second kappa shape index (κ2) is 9.00. The highest BCUT2D eigenvalue weighted by Gasteiger charge is 2.42. The molecule has 8 heteroatoms. The van der Waals surface area contributed by atoms with Gasteiger partial charge in [0, 0.05) is 11.8 Å². The molecule has 0 saturated heterocycles. The van der Waals surface area contributed by atoms with E-state index in [1.54, 1.807) is 54.2 Å². The third-order valence-electron chi connectivity index (χ3n) is 4.69. The Kier molecular flexibility index (Phi) is 6.43. The normalized spacial score (nSPS) is 13.8. The average molecular weight is 414 g/mol. The standard InChI is InChI=1S/C21H22N2O5S/c1-27-17-9-8-13(12-18(17)28-2)22-19(24)16(10-11-29-3)23-20(25)14-6-4-5-7-15(14)21(23)26/h4-9,12,16H,10-11H2,1-3H3,(H,22,24)/t16-/m1/s1. The summed E-state index contributed by atoms with van der Waals surface area (Å²) in [7, 11) is 3.03. The van der Waals surface area contributed by atoms with E-state index in [1.165, 1.54) is 14.2 Å². The fourth-order valence-corrected chi connectivity index (χ4v) is 3.70. The molecule has 1 aliphatic heterocycles. The van der Waals surface area contributed by atoms with Crippen LogP contribution >= 0.6 is 11.8 Å². The highest BCUT2D eigenvalue weighted by atomic mass is 32.2. The van der Waals surface area contributed by atoms with Crippen molar-refractivity contribution in [3.63, 3.8) is 0 Å². The molecule has 0 aromatic heterocycles. The van der Waals surface area contributed by atoms with E-state index in [4.69, 9.17) is 9.47 Å². The lowest BCUT2D eigenvalue weighted by atomic mass is 10.1. The van der Waals surface area contributed by atoms with Crippen molar-refractivity contribution in [1.82, 2.24) is 4.90 Å². The average Bonchev–Trinajstić information content (AvgIpc) is 2.99. The highest BCUT2D eigenvalue weighted by molar-refractivity contribution is 7.98. The van der Waals surface area contributed by atoms with Gasteiger partial charge in [0.25, 0.3) is 11.8 Å². The van der Waals surface area contributed by atoms with E-state index < -0.39 is 23.8 Å². The number of rotatable bonds is 8. The molecule has 7 nitrogen and oxygen atoms in total. The van der Waals surface area contributed by atoms with Gasteiger partial charge in [0.1, 0.15) is 6.04 Å². The summed E-state index contributed by atoms with van der Waals surface area (Å²) in [6.45, 7) is 0. The Morgan fingerprint density at radius 3 is 2.21 bits per heavy atom. The van der Waals surface area contributed by atoms with Gasteiger partial charge in [-0.25, -0.2) is 0 Å². The number of hydrogen-bond donors (Lipinski definition) is 1. The number of ether oxygens (including phenoxy) is 2. The number of carbonyl (C=O) groups excluding carboxylic acids is 3. The Morgan fingerprint density at radius 1 is 1.03 bits per heavy atom. The lowest BCUT2D eigenvalue weighted by Crippen LogP contribution is -2.47. The Bertz CT molecular complexity index is 911. The topological polar surface area (TPSA) is 84.9 Å². The summed E-state index contributed by atoms with van der Waals surface area (Å²) in [4.78, 5) is 39.8. The molecule has 2 aromatic carbocycles. The van der Waals surface area contributed by atoms with Crippen molar-refractivity contribution in [3.05, 3.63) is 53.6 Å². The quantitative estimate of drug-likeness (QED) is 0.669. The third-order valence-corrected chi connectivity index (χ3v) is 5.33. The number of hydrogen-bond acceptors (Lipinski definition) is 6. The van der Waals surface area contributed by atoms with Crippen molar-refractivity contribution in [1.29, 1.82) is 0 Å². The minimum Gasteiger partial charge on any atom is -0.493 e. The first-order chi connectivity index (χ1) is 14.0. The van der Waals surface area contributed by atoms with E-state index in [1.807, 2.05) is 6.26 Å². The van der Waals surface area contributed by atoms with Crippen LogP contribution in [0.1, 0.15) is 27.1 Å². The minimum absolute atomic E-state index is 0.325. The summed E-state index contributed by atoms with van der Waals surface area (Å²) in [5, 5.41) is 2.79. The number of imide groups is 1. The lowest BCUT2D eigenvalue weighted by molar-refractivity contribution is -0.120. The molecule has 0 spiro atoms. The van der Waals surface area contributed by atoms with Gasteiger partial charge in [0.15, 0.2) is 11.5 Å². The molecule has 1 heterocycles. The summed E-state index contributed by atoms with van der Waals surface area (Å²) >= 11 is 1.54. The van der Waals surface area contributed by atoms with Crippen LogP contribution in [0.25, 0.3) is 0 Å². The first kappa shape index (κ1) is 20.7. The fourth-order valence-electron chi connectivity index (χ4n) is 3.24. The number of benzene rings is 2. The molecular weight excluding hydrogens is 392 g/mol. The van der Waals surface area contributed by atoms with E-state index in [0.29, 0.717) is 40.5 Å². The molecule has 0 saturated carbocycles. The zero-order valence-electron chi connectivity index (χ0n) is 16.4. The number of methoxy groups -OCH3 is 2. The van der Waals surface area contributed by atoms with Gasteiger partial charge in [-0.1, -0.05) is 12.1 Å². The van der Waals surface area contributed by atoms with Gasteiger partial charge in [-0.2, -0.15) is 11.8 Å². The molecular formula is C21H22N2O5S. The first-order valence-corrected chi connectivity index (χ1v) is 10.4. The molecule has 2 aromatic rings. The molecule has 3 amide bonds. The molecule has 0 bridgehead atoms. The molecule has 0 fully saturated rings. The van der Waals surface area contributed by atoms with Crippen LogP contribution < -0.4 is 14.8 Å². The van der Waals surface area contributed by atoms with Crippen LogP contribution in [-0.2, 0) is 4.79 Å². The Labute approximate surface area is 173 Å². The second-order valence-corrected chi connectivity index (χ2v) is 7.37. The van der Waals surface area contributed by atoms with Crippen molar-refractivity contribution in [3.8, 4) is 11.5 Å². The summed E-state index contributed by atoms with van der Waals surface area (Å²) in [5.74, 6) is 0.299. The number of anilines is 1. The summed E-state index contributed by atoms with van der Waals surface area (Å²) in [6.07, 6.45) is 2.26. The van der Waals surface area contributed by atoms with Gasteiger partial charge in [0.2, 0.25) is 5.91 Å². The van der Waals surface area contributed by atoms with Crippen LogP contribution in [-0.4, -0.2) is 54.9 Å². The maximum absolute atomic E-state index is 13.1. The first-order valence-electron chi connectivity index (χ1n) is 9.00. The van der Waals surface area contributed by atoms with Gasteiger partial charge >= 0.3 is 0 Å². The number of nitrogens with zero attached hydrogens (tertiary/aromatic N) is 1. The van der Waals surface area contributed by atoms with Gasteiger partial charge in [0.05, 0.1) is 25.3 Å². The van der Waals surface area contributed by atoms with Crippen LogP contribution in [0.15, 0.2) is 42.5 Å². The number of carbonyl (C=O) groups is 3. The smallest absolute Gasteiger partial charge is 0.262 e. The van der Waals surface area contributed by atoms with Crippen molar-refractivity contribution >= 4 is 35.2 Å². The molecule has 29 heavy (non-hydrogen) atoms.